The quantitative estimate of drug-likeness (QED) is 0.742. The molecule has 1 aromatic heterocycles. The number of aliphatic hydroxyl groups excluding tert-OH is 1. The van der Waals surface area contributed by atoms with E-state index in [-0.39, 0.29) is 6.61 Å². The van der Waals surface area contributed by atoms with Crippen molar-refractivity contribution in [3.63, 3.8) is 0 Å². The molecule has 6 nitrogen and oxygen atoms in total. The van der Waals surface area contributed by atoms with Crippen molar-refractivity contribution in [3.8, 4) is 0 Å². The number of carbonyl (C=O) groups is 1. The Bertz CT molecular complexity index is 489. The Kier molecular flexibility index (Phi) is 5.38. The fourth-order valence-electron chi connectivity index (χ4n) is 2.46. The molecule has 116 valence electrons. The van der Waals surface area contributed by atoms with Crippen LogP contribution < -0.4 is 10.6 Å². The van der Waals surface area contributed by atoms with Crippen molar-refractivity contribution in [1.29, 1.82) is 0 Å². The predicted octanol–water partition coefficient (Wildman–Crippen LogP) is 1.58. The van der Waals surface area contributed by atoms with E-state index in [4.69, 9.17) is 15.6 Å². The van der Waals surface area contributed by atoms with Crippen molar-refractivity contribution in [2.24, 2.45) is 0 Å². The van der Waals surface area contributed by atoms with E-state index in [0.29, 0.717) is 42.7 Å². The number of anilines is 2. The molecule has 0 unspecified atom stereocenters. The molecule has 0 aromatic carbocycles. The van der Waals surface area contributed by atoms with E-state index in [1.54, 1.807) is 19.2 Å². The van der Waals surface area contributed by atoms with E-state index < -0.39 is 5.97 Å². The maximum Gasteiger partial charge on any atom is 0.341 e. The minimum Gasteiger partial charge on any atom is -0.462 e. The minimum absolute atomic E-state index is 0.118. The van der Waals surface area contributed by atoms with Gasteiger partial charge in [-0.05, 0) is 38.7 Å². The van der Waals surface area contributed by atoms with Crippen LogP contribution in [0.2, 0.25) is 0 Å². The third-order valence-electron chi connectivity index (χ3n) is 3.73. The number of carbonyl (C=O) groups excluding carboxylic acids is 1. The molecule has 0 spiro atoms. The zero-order chi connectivity index (χ0) is 15.2. The van der Waals surface area contributed by atoms with Crippen LogP contribution in [-0.2, 0) is 4.74 Å². The molecule has 1 heterocycles. The van der Waals surface area contributed by atoms with Crippen molar-refractivity contribution in [1.82, 2.24) is 4.98 Å². The van der Waals surface area contributed by atoms with E-state index in [1.807, 2.05) is 0 Å². The van der Waals surface area contributed by atoms with Crippen molar-refractivity contribution >= 4 is 17.5 Å². The summed E-state index contributed by atoms with van der Waals surface area (Å²) in [5, 5.41) is 9.08. The number of hydrogen-bond donors (Lipinski definition) is 2. The van der Waals surface area contributed by atoms with Crippen LogP contribution in [0.3, 0.4) is 0 Å². The summed E-state index contributed by atoms with van der Waals surface area (Å²) < 4.78 is 5.10. The first-order valence-corrected chi connectivity index (χ1v) is 7.47. The van der Waals surface area contributed by atoms with Crippen LogP contribution in [0.1, 0.15) is 43.0 Å². The summed E-state index contributed by atoms with van der Waals surface area (Å²) in [5.41, 5.74) is 6.60. The normalized spacial score (nSPS) is 14.6. The minimum atomic E-state index is -0.402. The number of hydrogen-bond acceptors (Lipinski definition) is 6. The van der Waals surface area contributed by atoms with Gasteiger partial charge in [0.05, 0.1) is 18.5 Å². The lowest BCUT2D eigenvalue weighted by molar-refractivity contribution is 0.0526. The van der Waals surface area contributed by atoms with Crippen molar-refractivity contribution in [2.45, 2.75) is 38.6 Å². The second kappa shape index (κ2) is 7.26. The lowest BCUT2D eigenvalue weighted by atomic mass is 9.91. The average Bonchev–Trinajstić information content (AvgIpc) is 2.41. The Morgan fingerprint density at radius 1 is 1.57 bits per heavy atom. The molecule has 2 rings (SSSR count). The monoisotopic (exact) mass is 293 g/mol. The number of aliphatic hydroxyl groups is 1. The standard InChI is InChI=1S/C15H23N3O3/c1-2-21-15(20)13-9-11(16)10-17-14(13)18(7-4-8-19)12-5-3-6-12/h9-10,12,19H,2-8,16H2,1H3. The lowest BCUT2D eigenvalue weighted by Crippen LogP contribution is -2.42. The maximum atomic E-state index is 12.1. The molecule has 0 aliphatic heterocycles. The molecule has 0 radical (unpaired) electrons. The molecule has 3 N–H and O–H groups in total. The number of nitrogen functional groups attached to an aromatic ring is 1. The summed E-state index contributed by atoms with van der Waals surface area (Å²) >= 11 is 0. The molecule has 1 aliphatic carbocycles. The van der Waals surface area contributed by atoms with Crippen LogP contribution in [0, 0.1) is 0 Å². The van der Waals surface area contributed by atoms with E-state index in [2.05, 4.69) is 9.88 Å². The number of nitrogens with two attached hydrogens (primary N) is 1. The van der Waals surface area contributed by atoms with Gasteiger partial charge in [-0.1, -0.05) is 0 Å². The van der Waals surface area contributed by atoms with Crippen LogP contribution in [-0.4, -0.2) is 41.9 Å². The predicted molar refractivity (Wildman–Crippen MR) is 81.3 cm³/mol. The van der Waals surface area contributed by atoms with E-state index in [9.17, 15) is 4.79 Å². The second-order valence-corrected chi connectivity index (χ2v) is 5.22. The van der Waals surface area contributed by atoms with Gasteiger partial charge in [-0.25, -0.2) is 9.78 Å². The molecule has 6 heteroatoms. The van der Waals surface area contributed by atoms with Crippen LogP contribution in [0.5, 0.6) is 0 Å². The smallest absolute Gasteiger partial charge is 0.341 e. The van der Waals surface area contributed by atoms with Gasteiger partial charge in [0.25, 0.3) is 0 Å². The lowest BCUT2D eigenvalue weighted by Gasteiger charge is -2.39. The second-order valence-electron chi connectivity index (χ2n) is 5.22. The number of aromatic nitrogens is 1. The Morgan fingerprint density at radius 2 is 2.33 bits per heavy atom. The zero-order valence-corrected chi connectivity index (χ0v) is 12.4. The number of nitrogens with zero attached hydrogens (tertiary/aromatic N) is 2. The van der Waals surface area contributed by atoms with Crippen molar-refractivity contribution in [2.75, 3.05) is 30.4 Å². The largest absolute Gasteiger partial charge is 0.462 e. The number of pyridine rings is 1. The summed E-state index contributed by atoms with van der Waals surface area (Å²) in [6, 6.07) is 1.99. The van der Waals surface area contributed by atoms with Gasteiger partial charge in [0.1, 0.15) is 11.4 Å². The first-order chi connectivity index (χ1) is 10.2. The van der Waals surface area contributed by atoms with Gasteiger partial charge in [-0.15, -0.1) is 0 Å². The molecular formula is C15H23N3O3. The first kappa shape index (κ1) is 15.6. The zero-order valence-electron chi connectivity index (χ0n) is 12.4. The van der Waals surface area contributed by atoms with Gasteiger partial charge in [0.15, 0.2) is 0 Å². The van der Waals surface area contributed by atoms with Gasteiger partial charge in [-0.2, -0.15) is 0 Å². The maximum absolute atomic E-state index is 12.1. The van der Waals surface area contributed by atoms with Gasteiger partial charge in [-0.3, -0.25) is 0 Å². The highest BCUT2D eigenvalue weighted by Crippen LogP contribution is 2.31. The van der Waals surface area contributed by atoms with E-state index in [1.165, 1.54) is 6.42 Å². The number of esters is 1. The van der Waals surface area contributed by atoms with E-state index >= 15 is 0 Å². The number of ether oxygens (including phenoxy) is 1. The molecule has 21 heavy (non-hydrogen) atoms. The van der Waals surface area contributed by atoms with Crippen LogP contribution in [0.25, 0.3) is 0 Å². The van der Waals surface area contributed by atoms with Crippen LogP contribution in [0.4, 0.5) is 11.5 Å². The fraction of sp³-hybridized carbons (Fsp3) is 0.600. The molecule has 0 amide bonds. The van der Waals surface area contributed by atoms with Gasteiger partial charge >= 0.3 is 5.97 Å². The molecular weight excluding hydrogens is 270 g/mol. The fourth-order valence-corrected chi connectivity index (χ4v) is 2.46. The topological polar surface area (TPSA) is 88.7 Å². The Labute approximate surface area is 124 Å². The molecule has 1 saturated carbocycles. The highest BCUT2D eigenvalue weighted by atomic mass is 16.5. The summed E-state index contributed by atoms with van der Waals surface area (Å²) in [6.07, 6.45) is 5.55. The Morgan fingerprint density at radius 3 is 2.90 bits per heavy atom. The summed E-state index contributed by atoms with van der Waals surface area (Å²) in [4.78, 5) is 18.6. The average molecular weight is 293 g/mol. The Hall–Kier alpha value is -1.82. The molecule has 1 aliphatic rings. The SMILES string of the molecule is CCOC(=O)c1cc(N)cnc1N(CCCO)C1CCC1. The molecule has 1 aromatic rings. The highest BCUT2D eigenvalue weighted by molar-refractivity contribution is 5.95. The van der Waals surface area contributed by atoms with Gasteiger partial charge < -0.3 is 20.5 Å². The third-order valence-corrected chi connectivity index (χ3v) is 3.73. The van der Waals surface area contributed by atoms with Crippen molar-refractivity contribution < 1.29 is 14.6 Å². The van der Waals surface area contributed by atoms with Crippen LogP contribution in [0.15, 0.2) is 12.3 Å². The molecule has 0 saturated heterocycles. The van der Waals surface area contributed by atoms with Gasteiger partial charge in [0, 0.05) is 19.2 Å². The number of rotatable bonds is 7. The Balaban J connectivity index is 2.31. The summed E-state index contributed by atoms with van der Waals surface area (Å²) in [5.74, 6) is 0.210. The van der Waals surface area contributed by atoms with E-state index in [0.717, 1.165) is 12.8 Å². The molecule has 0 bridgehead atoms. The first-order valence-electron chi connectivity index (χ1n) is 7.47. The van der Waals surface area contributed by atoms with Crippen molar-refractivity contribution in [3.05, 3.63) is 17.8 Å². The van der Waals surface area contributed by atoms with Gasteiger partial charge in [0.2, 0.25) is 0 Å². The van der Waals surface area contributed by atoms with Crippen LogP contribution >= 0.6 is 0 Å². The highest BCUT2D eigenvalue weighted by Gasteiger charge is 2.29. The third kappa shape index (κ3) is 3.64. The summed E-state index contributed by atoms with van der Waals surface area (Å²) in [7, 11) is 0. The molecule has 0 atom stereocenters. The summed E-state index contributed by atoms with van der Waals surface area (Å²) in [6.45, 7) is 2.87. The molecule has 1 fully saturated rings.